The van der Waals surface area contributed by atoms with Crippen LogP contribution in [-0.2, 0) is 11.2 Å². The van der Waals surface area contributed by atoms with E-state index in [0.29, 0.717) is 10.5 Å². The summed E-state index contributed by atoms with van der Waals surface area (Å²) in [5.41, 5.74) is 0.858. The number of hydrazone groups is 1. The Bertz CT molecular complexity index is 1270. The van der Waals surface area contributed by atoms with Crippen LogP contribution in [0.3, 0.4) is 0 Å². The Balaban J connectivity index is 1.72. The van der Waals surface area contributed by atoms with E-state index in [9.17, 15) is 26.5 Å². The molecule has 2 unspecified atom stereocenters. The molecule has 184 valence electrons. The Morgan fingerprint density at radius 2 is 1.63 bits per heavy atom. The van der Waals surface area contributed by atoms with Crippen molar-refractivity contribution in [1.29, 1.82) is 0 Å². The molecule has 1 heterocycles. The molecule has 0 bridgehead atoms. The third-order valence-corrected chi connectivity index (χ3v) is 7.04. The van der Waals surface area contributed by atoms with Crippen molar-refractivity contribution in [2.24, 2.45) is 5.10 Å². The summed E-state index contributed by atoms with van der Waals surface area (Å²) in [5, 5.41) is 5.08. The molecule has 0 aliphatic carbocycles. The molecule has 2 atom stereocenters. The molecule has 3 aromatic rings. The van der Waals surface area contributed by atoms with Crippen molar-refractivity contribution in [2.75, 3.05) is 11.3 Å². The lowest BCUT2D eigenvalue weighted by Gasteiger charge is -2.25. The van der Waals surface area contributed by atoms with Gasteiger partial charge < -0.3 is 4.55 Å². The summed E-state index contributed by atoms with van der Waals surface area (Å²) in [4.78, 5) is 0.637. The van der Waals surface area contributed by atoms with Gasteiger partial charge in [0.1, 0.15) is 12.0 Å². The number of rotatable bonds is 5. The number of hydrogen-bond acceptors (Lipinski definition) is 3. The lowest BCUT2D eigenvalue weighted by Crippen LogP contribution is -2.43. The van der Waals surface area contributed by atoms with Crippen LogP contribution in [0.4, 0.5) is 27.6 Å². The standard InChI is InChI=1S/C24H17Cl2F5N2OS/c1-35(34)18-4-2-3-16(11-18)14-5-7-15(8-6-14)21-13-22(23(27,28)24(29,30)31)32-33(21)20-10-9-17(25)12-19(20)26/h2-12,21H,13H2,1H3. The van der Waals surface area contributed by atoms with Gasteiger partial charge in [-0.15, -0.1) is 0 Å². The van der Waals surface area contributed by atoms with E-state index in [4.69, 9.17) is 23.2 Å². The molecule has 1 aliphatic rings. The zero-order valence-corrected chi connectivity index (χ0v) is 20.3. The molecule has 0 fully saturated rings. The first-order chi connectivity index (χ1) is 16.4. The highest BCUT2D eigenvalue weighted by Crippen LogP contribution is 2.46. The van der Waals surface area contributed by atoms with Gasteiger partial charge in [-0.05, 0) is 52.1 Å². The zero-order valence-electron chi connectivity index (χ0n) is 18.0. The second kappa shape index (κ2) is 9.61. The maximum absolute atomic E-state index is 14.2. The molecule has 0 aromatic heterocycles. The Labute approximate surface area is 211 Å². The van der Waals surface area contributed by atoms with Gasteiger partial charge in [-0.25, -0.2) is 0 Å². The van der Waals surface area contributed by atoms with Crippen LogP contribution < -0.4 is 5.01 Å². The lowest BCUT2D eigenvalue weighted by molar-refractivity contribution is -0.249. The smallest absolute Gasteiger partial charge is 0.459 e. The molecule has 11 heteroatoms. The predicted molar refractivity (Wildman–Crippen MR) is 129 cm³/mol. The Kier molecular flexibility index (Phi) is 7.07. The van der Waals surface area contributed by atoms with Gasteiger partial charge in [0.15, 0.2) is 4.90 Å². The van der Waals surface area contributed by atoms with Crippen molar-refractivity contribution in [3.63, 3.8) is 0 Å². The van der Waals surface area contributed by atoms with Crippen molar-refractivity contribution in [2.45, 2.75) is 29.5 Å². The Morgan fingerprint density at radius 3 is 2.23 bits per heavy atom. The van der Waals surface area contributed by atoms with E-state index < -0.39 is 41.4 Å². The van der Waals surface area contributed by atoms with E-state index in [1.54, 1.807) is 48.7 Å². The van der Waals surface area contributed by atoms with Crippen LogP contribution in [0, 0.1) is 0 Å². The van der Waals surface area contributed by atoms with E-state index in [0.717, 1.165) is 16.1 Å². The molecular formula is C24H17Cl2F5N2OS. The highest BCUT2D eigenvalue weighted by molar-refractivity contribution is 7.90. The van der Waals surface area contributed by atoms with Crippen molar-refractivity contribution >= 4 is 45.8 Å². The summed E-state index contributed by atoms with van der Waals surface area (Å²) in [6.45, 7) is 0. The average molecular weight is 547 g/mol. The molecule has 3 nitrogen and oxygen atoms in total. The SMILES string of the molecule is C[S+]([O-])c1cccc(-c2ccc(C3CC(C(F)(F)C(F)(F)F)=NN3c3ccc(Cl)cc3Cl)cc2)c1. The molecule has 0 N–H and O–H groups in total. The first-order valence-corrected chi connectivity index (χ1v) is 12.5. The highest BCUT2D eigenvalue weighted by atomic mass is 35.5. The first kappa shape index (κ1) is 25.8. The number of nitrogens with zero attached hydrogens (tertiary/aromatic N) is 2. The fraction of sp³-hybridized carbons (Fsp3) is 0.208. The highest BCUT2D eigenvalue weighted by Gasteiger charge is 2.62. The summed E-state index contributed by atoms with van der Waals surface area (Å²) in [7, 11) is 0. The molecule has 0 saturated carbocycles. The maximum atomic E-state index is 14.2. The van der Waals surface area contributed by atoms with Crippen LogP contribution in [0.5, 0.6) is 0 Å². The van der Waals surface area contributed by atoms with E-state index in [1.807, 2.05) is 6.07 Å². The largest absolute Gasteiger partial charge is 0.612 e. The van der Waals surface area contributed by atoms with Gasteiger partial charge in [0.25, 0.3) is 0 Å². The number of anilines is 1. The second-order valence-corrected chi connectivity index (χ2v) is 10.1. The van der Waals surface area contributed by atoms with Crippen molar-refractivity contribution in [3.8, 4) is 11.1 Å². The molecule has 0 radical (unpaired) electrons. The Morgan fingerprint density at radius 1 is 0.943 bits per heavy atom. The Hall–Kier alpha value is -2.33. The number of hydrogen-bond donors (Lipinski definition) is 0. The third-order valence-electron chi connectivity index (χ3n) is 5.58. The van der Waals surface area contributed by atoms with Crippen LogP contribution in [0.2, 0.25) is 10.0 Å². The second-order valence-electron chi connectivity index (χ2n) is 7.88. The van der Waals surface area contributed by atoms with Gasteiger partial charge in [-0.1, -0.05) is 59.6 Å². The molecule has 0 amide bonds. The molecule has 0 saturated heterocycles. The molecular weight excluding hydrogens is 530 g/mol. The van der Waals surface area contributed by atoms with E-state index in [2.05, 4.69) is 5.10 Å². The first-order valence-electron chi connectivity index (χ1n) is 10.2. The molecule has 35 heavy (non-hydrogen) atoms. The third kappa shape index (κ3) is 5.14. The summed E-state index contributed by atoms with van der Waals surface area (Å²) in [6.07, 6.45) is -4.88. The topological polar surface area (TPSA) is 38.7 Å². The predicted octanol–water partition coefficient (Wildman–Crippen LogP) is 7.90. The van der Waals surface area contributed by atoms with Crippen molar-refractivity contribution < 1.29 is 26.5 Å². The van der Waals surface area contributed by atoms with E-state index in [1.165, 1.54) is 18.2 Å². The monoisotopic (exact) mass is 546 g/mol. The summed E-state index contributed by atoms with van der Waals surface area (Å²) in [6, 6.07) is 17.1. The lowest BCUT2D eigenvalue weighted by atomic mass is 9.96. The zero-order chi connectivity index (χ0) is 25.5. The van der Waals surface area contributed by atoms with Crippen LogP contribution in [0.25, 0.3) is 11.1 Å². The van der Waals surface area contributed by atoms with Crippen LogP contribution >= 0.6 is 23.2 Å². The van der Waals surface area contributed by atoms with Crippen molar-refractivity contribution in [1.82, 2.24) is 0 Å². The summed E-state index contributed by atoms with van der Waals surface area (Å²) >= 11 is 11.0. The van der Waals surface area contributed by atoms with Gasteiger partial charge >= 0.3 is 12.1 Å². The van der Waals surface area contributed by atoms with E-state index in [-0.39, 0.29) is 15.7 Å². The van der Waals surface area contributed by atoms with Gasteiger partial charge in [0, 0.05) is 17.5 Å². The molecule has 1 aliphatic heterocycles. The summed E-state index contributed by atoms with van der Waals surface area (Å²) in [5.74, 6) is -5.10. The van der Waals surface area contributed by atoms with Crippen LogP contribution in [0.1, 0.15) is 18.0 Å². The molecule has 4 rings (SSSR count). The average Bonchev–Trinajstić information content (AvgIpc) is 3.24. The minimum Gasteiger partial charge on any atom is -0.612 e. The fourth-order valence-corrected chi connectivity index (χ4v) is 4.82. The minimum atomic E-state index is -5.79. The summed E-state index contributed by atoms with van der Waals surface area (Å²) < 4.78 is 79.5. The normalized spacial score (nSPS) is 17.5. The maximum Gasteiger partial charge on any atom is 0.459 e. The quantitative estimate of drug-likeness (QED) is 0.241. The number of benzene rings is 3. The van der Waals surface area contributed by atoms with Crippen LogP contribution in [-0.4, -0.2) is 28.6 Å². The van der Waals surface area contributed by atoms with Gasteiger partial charge in [0.2, 0.25) is 0 Å². The van der Waals surface area contributed by atoms with Gasteiger partial charge in [0.05, 0.1) is 16.8 Å². The number of alkyl halides is 5. The number of halogens is 7. The molecule has 3 aromatic carbocycles. The van der Waals surface area contributed by atoms with Gasteiger partial charge in [-0.2, -0.15) is 27.1 Å². The molecule has 0 spiro atoms. The van der Waals surface area contributed by atoms with Gasteiger partial charge in [-0.3, -0.25) is 5.01 Å². The fourth-order valence-electron chi connectivity index (χ4n) is 3.76. The minimum absolute atomic E-state index is 0.0591. The van der Waals surface area contributed by atoms with E-state index >= 15 is 0 Å². The van der Waals surface area contributed by atoms with Crippen LogP contribution in [0.15, 0.2) is 76.7 Å². The van der Waals surface area contributed by atoms with Crippen molar-refractivity contribution in [3.05, 3.63) is 82.3 Å².